The highest BCUT2D eigenvalue weighted by molar-refractivity contribution is 7.92. The Labute approximate surface area is 218 Å². The number of amides is 2. The number of benzene rings is 3. The summed E-state index contributed by atoms with van der Waals surface area (Å²) < 4.78 is 43.3. The topological polar surface area (TPSA) is 86.8 Å². The molecule has 0 heterocycles. The lowest BCUT2D eigenvalue weighted by molar-refractivity contribution is -0.139. The van der Waals surface area contributed by atoms with Crippen molar-refractivity contribution in [3.8, 4) is 0 Å². The lowest BCUT2D eigenvalue weighted by Gasteiger charge is -2.32. The average Bonchev–Trinajstić information content (AvgIpc) is 2.87. The van der Waals surface area contributed by atoms with Gasteiger partial charge in [0.1, 0.15) is 18.4 Å². The van der Waals surface area contributed by atoms with Crippen LogP contribution in [-0.4, -0.2) is 44.8 Å². The van der Waals surface area contributed by atoms with Crippen molar-refractivity contribution in [2.75, 3.05) is 17.9 Å². The van der Waals surface area contributed by atoms with Gasteiger partial charge in [-0.25, -0.2) is 12.8 Å². The zero-order valence-corrected chi connectivity index (χ0v) is 22.5. The molecule has 3 aromatic rings. The SMILES string of the molecule is CNC(=O)C(C)N(Cc1ccccc1F)C(=O)CN(c1cc(C)ccc1C)S(=O)(=O)c1ccc(C)cc1. The molecule has 9 heteroatoms. The van der Waals surface area contributed by atoms with Gasteiger partial charge in [0.25, 0.3) is 10.0 Å². The first-order valence-corrected chi connectivity index (χ1v) is 13.3. The summed E-state index contributed by atoms with van der Waals surface area (Å²) in [7, 11) is -2.72. The Hall–Kier alpha value is -3.72. The van der Waals surface area contributed by atoms with Crippen LogP contribution in [0.1, 0.15) is 29.2 Å². The van der Waals surface area contributed by atoms with Crippen LogP contribution < -0.4 is 9.62 Å². The molecule has 0 saturated heterocycles. The van der Waals surface area contributed by atoms with Crippen LogP contribution in [0.5, 0.6) is 0 Å². The quantitative estimate of drug-likeness (QED) is 0.456. The average molecular weight is 526 g/mol. The summed E-state index contributed by atoms with van der Waals surface area (Å²) in [6.07, 6.45) is 0. The van der Waals surface area contributed by atoms with E-state index in [-0.39, 0.29) is 17.0 Å². The standard InChI is InChI=1S/C28H32FN3O4S/c1-19-11-14-24(15-12-19)37(35,36)32(26-16-20(2)10-13-21(26)3)18-27(33)31(22(4)28(34)30-5)17-23-8-6-7-9-25(23)29/h6-16,22H,17-18H2,1-5H3,(H,30,34). The number of carbonyl (C=O) groups excluding carboxylic acids is 2. The molecular weight excluding hydrogens is 493 g/mol. The number of hydrogen-bond donors (Lipinski definition) is 1. The van der Waals surface area contributed by atoms with E-state index in [1.165, 1.54) is 49.2 Å². The second kappa shape index (κ2) is 11.6. The van der Waals surface area contributed by atoms with Crippen LogP contribution in [0, 0.1) is 26.6 Å². The Bertz CT molecular complexity index is 1390. The van der Waals surface area contributed by atoms with E-state index in [1.807, 2.05) is 19.9 Å². The fourth-order valence-corrected chi connectivity index (χ4v) is 5.41. The molecule has 0 saturated carbocycles. The molecule has 0 aromatic heterocycles. The lowest BCUT2D eigenvalue weighted by Crippen LogP contribution is -2.51. The summed E-state index contributed by atoms with van der Waals surface area (Å²) >= 11 is 0. The predicted octanol–water partition coefficient (Wildman–Crippen LogP) is 4.11. The first kappa shape index (κ1) is 27.9. The molecule has 0 spiro atoms. The summed E-state index contributed by atoms with van der Waals surface area (Å²) in [5, 5.41) is 2.51. The fraction of sp³-hybridized carbons (Fsp3) is 0.286. The van der Waals surface area contributed by atoms with E-state index in [4.69, 9.17) is 0 Å². The third kappa shape index (κ3) is 6.35. The minimum atomic E-state index is -4.16. The maximum atomic E-state index is 14.5. The third-order valence-electron chi connectivity index (χ3n) is 6.23. The van der Waals surface area contributed by atoms with Crippen molar-refractivity contribution in [3.05, 3.63) is 94.8 Å². The number of anilines is 1. The van der Waals surface area contributed by atoms with E-state index in [1.54, 1.807) is 37.3 Å². The largest absolute Gasteiger partial charge is 0.357 e. The molecule has 1 N–H and O–H groups in total. The molecule has 1 unspecified atom stereocenters. The maximum absolute atomic E-state index is 14.5. The second-order valence-corrected chi connectivity index (χ2v) is 10.9. The van der Waals surface area contributed by atoms with Crippen LogP contribution in [-0.2, 0) is 26.2 Å². The van der Waals surface area contributed by atoms with Crippen LogP contribution >= 0.6 is 0 Å². The van der Waals surface area contributed by atoms with E-state index in [2.05, 4.69) is 5.32 Å². The van der Waals surface area contributed by atoms with Crippen LogP contribution in [0.4, 0.5) is 10.1 Å². The van der Waals surface area contributed by atoms with E-state index in [9.17, 15) is 22.4 Å². The fourth-order valence-electron chi connectivity index (χ4n) is 3.94. The minimum absolute atomic E-state index is 0.0341. The molecule has 0 fully saturated rings. The van der Waals surface area contributed by atoms with E-state index >= 15 is 0 Å². The number of carbonyl (C=O) groups is 2. The number of nitrogens with zero attached hydrogens (tertiary/aromatic N) is 2. The third-order valence-corrected chi connectivity index (χ3v) is 8.01. The molecule has 196 valence electrons. The van der Waals surface area contributed by atoms with Gasteiger partial charge in [-0.2, -0.15) is 0 Å². The Morgan fingerprint density at radius 3 is 2.19 bits per heavy atom. The van der Waals surface area contributed by atoms with Gasteiger partial charge in [-0.1, -0.05) is 48.0 Å². The van der Waals surface area contributed by atoms with Gasteiger partial charge in [-0.05, 0) is 63.1 Å². The lowest BCUT2D eigenvalue weighted by atomic mass is 10.1. The molecule has 7 nitrogen and oxygen atoms in total. The van der Waals surface area contributed by atoms with Gasteiger partial charge < -0.3 is 10.2 Å². The van der Waals surface area contributed by atoms with Crippen molar-refractivity contribution in [2.24, 2.45) is 0 Å². The molecule has 0 bridgehead atoms. The van der Waals surface area contributed by atoms with Gasteiger partial charge in [0.05, 0.1) is 10.6 Å². The highest BCUT2D eigenvalue weighted by atomic mass is 32.2. The Morgan fingerprint density at radius 1 is 0.946 bits per heavy atom. The molecule has 2 amide bonds. The molecular formula is C28H32FN3O4S. The van der Waals surface area contributed by atoms with Gasteiger partial charge in [0.2, 0.25) is 11.8 Å². The highest BCUT2D eigenvalue weighted by Gasteiger charge is 2.33. The Morgan fingerprint density at radius 2 is 1.57 bits per heavy atom. The first-order valence-electron chi connectivity index (χ1n) is 11.9. The monoisotopic (exact) mass is 525 g/mol. The van der Waals surface area contributed by atoms with Gasteiger partial charge in [-0.3, -0.25) is 13.9 Å². The van der Waals surface area contributed by atoms with Crippen LogP contribution in [0.25, 0.3) is 0 Å². The smallest absolute Gasteiger partial charge is 0.264 e. The molecule has 0 aliphatic rings. The van der Waals surface area contributed by atoms with Crippen molar-refractivity contribution in [3.63, 3.8) is 0 Å². The number of likely N-dealkylation sites (N-methyl/N-ethyl adjacent to an activating group) is 1. The van der Waals surface area contributed by atoms with Gasteiger partial charge in [-0.15, -0.1) is 0 Å². The number of hydrogen-bond acceptors (Lipinski definition) is 4. The minimum Gasteiger partial charge on any atom is -0.357 e. The van der Waals surface area contributed by atoms with Crippen LogP contribution in [0.3, 0.4) is 0 Å². The summed E-state index contributed by atoms with van der Waals surface area (Å²) in [5.74, 6) is -1.62. The van der Waals surface area contributed by atoms with Crippen molar-refractivity contribution < 1.29 is 22.4 Å². The van der Waals surface area contributed by atoms with Gasteiger partial charge >= 0.3 is 0 Å². The summed E-state index contributed by atoms with van der Waals surface area (Å²) in [6, 6.07) is 16.7. The zero-order valence-electron chi connectivity index (χ0n) is 21.7. The number of rotatable bonds is 9. The maximum Gasteiger partial charge on any atom is 0.264 e. The van der Waals surface area contributed by atoms with Gasteiger partial charge in [0.15, 0.2) is 0 Å². The van der Waals surface area contributed by atoms with Crippen molar-refractivity contribution >= 4 is 27.5 Å². The second-order valence-electron chi connectivity index (χ2n) is 9.02. The number of sulfonamides is 1. The molecule has 0 aliphatic carbocycles. The van der Waals surface area contributed by atoms with Crippen LogP contribution in [0.15, 0.2) is 71.6 Å². The number of halogens is 1. The van der Waals surface area contributed by atoms with E-state index in [0.717, 1.165) is 15.4 Å². The van der Waals surface area contributed by atoms with E-state index in [0.29, 0.717) is 11.3 Å². The predicted molar refractivity (Wildman–Crippen MR) is 142 cm³/mol. The van der Waals surface area contributed by atoms with Crippen molar-refractivity contribution in [1.29, 1.82) is 0 Å². The van der Waals surface area contributed by atoms with Gasteiger partial charge in [0, 0.05) is 19.2 Å². The Balaban J connectivity index is 2.09. The van der Waals surface area contributed by atoms with Crippen LogP contribution in [0.2, 0.25) is 0 Å². The highest BCUT2D eigenvalue weighted by Crippen LogP contribution is 2.28. The molecule has 0 aliphatic heterocycles. The number of aryl methyl sites for hydroxylation is 3. The number of nitrogens with one attached hydrogen (secondary N) is 1. The summed E-state index contributed by atoms with van der Waals surface area (Å²) in [4.78, 5) is 27.5. The molecule has 3 aromatic carbocycles. The zero-order chi connectivity index (χ0) is 27.3. The molecule has 3 rings (SSSR count). The van der Waals surface area contributed by atoms with E-state index < -0.39 is 40.2 Å². The Kier molecular flexibility index (Phi) is 8.70. The summed E-state index contributed by atoms with van der Waals surface area (Å²) in [6.45, 7) is 6.19. The molecule has 0 radical (unpaired) electrons. The normalized spacial score (nSPS) is 12.1. The van der Waals surface area contributed by atoms with Crippen molar-refractivity contribution in [2.45, 2.75) is 45.2 Å². The van der Waals surface area contributed by atoms with Crippen molar-refractivity contribution in [1.82, 2.24) is 10.2 Å². The first-order chi connectivity index (χ1) is 17.4. The summed E-state index contributed by atoms with van der Waals surface area (Å²) in [5.41, 5.74) is 2.94. The molecule has 37 heavy (non-hydrogen) atoms. The molecule has 1 atom stereocenters.